The molecule has 0 atom stereocenters. The number of carbonyl (C=O) groups excluding carboxylic acids is 2. The van der Waals surface area contributed by atoms with Crippen LogP contribution in [-0.2, 0) is 9.53 Å². The van der Waals surface area contributed by atoms with Crippen LogP contribution in [0.2, 0.25) is 0 Å². The zero-order valence-corrected chi connectivity index (χ0v) is 12.8. The maximum atomic E-state index is 11.8. The molecule has 0 N–H and O–H groups in total. The van der Waals surface area contributed by atoms with Crippen molar-refractivity contribution < 1.29 is 23.8 Å². The Morgan fingerprint density at radius 1 is 0.870 bits per heavy atom. The minimum atomic E-state index is -0.508. The summed E-state index contributed by atoms with van der Waals surface area (Å²) in [6.45, 7) is 0. The summed E-state index contributed by atoms with van der Waals surface area (Å²) in [5, 5.41) is 0. The summed E-state index contributed by atoms with van der Waals surface area (Å²) in [5.74, 6) is 0.145. The van der Waals surface area contributed by atoms with Crippen molar-refractivity contribution in [1.29, 1.82) is 0 Å². The van der Waals surface area contributed by atoms with Crippen molar-refractivity contribution in [2.24, 2.45) is 0 Å². The van der Waals surface area contributed by atoms with E-state index in [-0.39, 0.29) is 0 Å². The average Bonchev–Trinajstić information content (AvgIpc) is 2.60. The Balaban J connectivity index is 1.95. The SMILES string of the molecule is COC(=O)c1ccc(OC(=O)/C=C\c2ccc(OC)cc2)cc1. The fraction of sp³-hybridized carbons (Fsp3) is 0.111. The van der Waals surface area contributed by atoms with Gasteiger partial charge in [0.25, 0.3) is 0 Å². The van der Waals surface area contributed by atoms with Gasteiger partial charge in [0, 0.05) is 6.08 Å². The summed E-state index contributed by atoms with van der Waals surface area (Å²) in [6.07, 6.45) is 2.97. The monoisotopic (exact) mass is 312 g/mol. The zero-order valence-electron chi connectivity index (χ0n) is 12.8. The van der Waals surface area contributed by atoms with Gasteiger partial charge in [-0.15, -0.1) is 0 Å². The smallest absolute Gasteiger partial charge is 0.337 e. The number of methoxy groups -OCH3 is 2. The zero-order chi connectivity index (χ0) is 16.7. The second kappa shape index (κ2) is 7.79. The molecule has 5 nitrogen and oxygen atoms in total. The molecule has 0 fully saturated rings. The van der Waals surface area contributed by atoms with Gasteiger partial charge in [-0.25, -0.2) is 9.59 Å². The van der Waals surface area contributed by atoms with Gasteiger partial charge in [0.05, 0.1) is 19.8 Å². The average molecular weight is 312 g/mol. The molecule has 0 aliphatic rings. The summed E-state index contributed by atoms with van der Waals surface area (Å²) < 4.78 is 14.8. The van der Waals surface area contributed by atoms with Crippen LogP contribution >= 0.6 is 0 Å². The van der Waals surface area contributed by atoms with Gasteiger partial charge in [-0.1, -0.05) is 12.1 Å². The number of carbonyl (C=O) groups is 2. The van der Waals surface area contributed by atoms with Gasteiger partial charge in [-0.05, 0) is 48.0 Å². The Morgan fingerprint density at radius 3 is 2.04 bits per heavy atom. The van der Waals surface area contributed by atoms with E-state index in [1.807, 2.05) is 12.1 Å². The minimum absolute atomic E-state index is 0.349. The highest BCUT2D eigenvalue weighted by Crippen LogP contribution is 2.14. The van der Waals surface area contributed by atoms with Gasteiger partial charge < -0.3 is 14.2 Å². The second-order valence-electron chi connectivity index (χ2n) is 4.54. The van der Waals surface area contributed by atoms with Crippen molar-refractivity contribution in [2.75, 3.05) is 14.2 Å². The molecule has 0 radical (unpaired) electrons. The number of esters is 2. The van der Waals surface area contributed by atoms with E-state index in [0.29, 0.717) is 11.3 Å². The third-order valence-electron chi connectivity index (χ3n) is 3.02. The molecule has 0 amide bonds. The molecule has 0 bridgehead atoms. The summed E-state index contributed by atoms with van der Waals surface area (Å²) in [7, 11) is 2.90. The highest BCUT2D eigenvalue weighted by atomic mass is 16.5. The molecule has 2 rings (SSSR count). The van der Waals surface area contributed by atoms with Gasteiger partial charge in [0.2, 0.25) is 0 Å². The van der Waals surface area contributed by atoms with Crippen LogP contribution in [0.5, 0.6) is 11.5 Å². The number of hydrogen-bond donors (Lipinski definition) is 0. The van der Waals surface area contributed by atoms with E-state index in [4.69, 9.17) is 9.47 Å². The van der Waals surface area contributed by atoms with E-state index in [0.717, 1.165) is 11.3 Å². The lowest BCUT2D eigenvalue weighted by Gasteiger charge is -2.03. The Kier molecular flexibility index (Phi) is 5.52. The summed E-state index contributed by atoms with van der Waals surface area (Å²) in [5.41, 5.74) is 1.24. The van der Waals surface area contributed by atoms with Crippen LogP contribution in [0.25, 0.3) is 6.08 Å². The fourth-order valence-electron chi connectivity index (χ4n) is 1.81. The van der Waals surface area contributed by atoms with Crippen LogP contribution < -0.4 is 9.47 Å². The maximum Gasteiger partial charge on any atom is 0.337 e. The molecule has 0 spiro atoms. The normalized spacial score (nSPS) is 10.3. The highest BCUT2D eigenvalue weighted by Gasteiger charge is 2.06. The third kappa shape index (κ3) is 4.71. The van der Waals surface area contributed by atoms with Crippen LogP contribution in [0, 0.1) is 0 Å². The van der Waals surface area contributed by atoms with Crippen molar-refractivity contribution in [2.45, 2.75) is 0 Å². The molecule has 0 unspecified atom stereocenters. The number of benzene rings is 2. The van der Waals surface area contributed by atoms with Crippen LogP contribution in [0.1, 0.15) is 15.9 Å². The van der Waals surface area contributed by atoms with Crippen molar-refractivity contribution in [1.82, 2.24) is 0 Å². The Bertz CT molecular complexity index is 699. The van der Waals surface area contributed by atoms with Gasteiger partial charge in [0.1, 0.15) is 11.5 Å². The van der Waals surface area contributed by atoms with Crippen molar-refractivity contribution in [3.8, 4) is 11.5 Å². The highest BCUT2D eigenvalue weighted by molar-refractivity contribution is 5.90. The van der Waals surface area contributed by atoms with Gasteiger partial charge in [0.15, 0.2) is 0 Å². The number of rotatable bonds is 5. The second-order valence-corrected chi connectivity index (χ2v) is 4.54. The van der Waals surface area contributed by atoms with E-state index in [1.54, 1.807) is 25.3 Å². The molecule has 0 saturated heterocycles. The molecule has 0 saturated carbocycles. The molecule has 0 aliphatic carbocycles. The van der Waals surface area contributed by atoms with Crippen LogP contribution in [-0.4, -0.2) is 26.2 Å². The topological polar surface area (TPSA) is 61.8 Å². The van der Waals surface area contributed by atoms with Crippen molar-refractivity contribution in [3.63, 3.8) is 0 Å². The van der Waals surface area contributed by atoms with E-state index in [9.17, 15) is 9.59 Å². The molecule has 0 aromatic heterocycles. The fourth-order valence-corrected chi connectivity index (χ4v) is 1.81. The van der Waals surface area contributed by atoms with E-state index in [2.05, 4.69) is 4.74 Å². The maximum absolute atomic E-state index is 11.8. The van der Waals surface area contributed by atoms with Crippen LogP contribution in [0.3, 0.4) is 0 Å². The lowest BCUT2D eigenvalue weighted by atomic mass is 10.2. The van der Waals surface area contributed by atoms with Crippen LogP contribution in [0.4, 0.5) is 0 Å². The Labute approximate surface area is 134 Å². The first-order valence-electron chi connectivity index (χ1n) is 6.84. The quantitative estimate of drug-likeness (QED) is 0.482. The first-order chi connectivity index (χ1) is 11.1. The van der Waals surface area contributed by atoms with E-state index in [1.165, 1.54) is 37.5 Å². The molecular formula is C18H16O5. The molecule has 118 valence electrons. The lowest BCUT2D eigenvalue weighted by molar-refractivity contribution is -0.128. The molecular weight excluding hydrogens is 296 g/mol. The Hall–Kier alpha value is -3.08. The van der Waals surface area contributed by atoms with Gasteiger partial charge >= 0.3 is 11.9 Å². The molecule has 23 heavy (non-hydrogen) atoms. The van der Waals surface area contributed by atoms with Gasteiger partial charge in [-0.3, -0.25) is 0 Å². The van der Waals surface area contributed by atoms with E-state index < -0.39 is 11.9 Å². The van der Waals surface area contributed by atoms with E-state index >= 15 is 0 Å². The predicted molar refractivity (Wildman–Crippen MR) is 85.4 cm³/mol. The van der Waals surface area contributed by atoms with Crippen molar-refractivity contribution in [3.05, 3.63) is 65.7 Å². The third-order valence-corrected chi connectivity index (χ3v) is 3.02. The van der Waals surface area contributed by atoms with Crippen molar-refractivity contribution >= 4 is 18.0 Å². The molecule has 5 heteroatoms. The number of ether oxygens (including phenoxy) is 3. The van der Waals surface area contributed by atoms with Crippen LogP contribution in [0.15, 0.2) is 54.6 Å². The number of hydrogen-bond acceptors (Lipinski definition) is 5. The predicted octanol–water partition coefficient (Wildman–Crippen LogP) is 3.10. The minimum Gasteiger partial charge on any atom is -0.497 e. The summed E-state index contributed by atoms with van der Waals surface area (Å²) in [6, 6.07) is 13.4. The molecule has 0 heterocycles. The molecule has 2 aromatic carbocycles. The standard InChI is InChI=1S/C18H16O5/c1-21-15-8-3-13(4-9-15)5-12-17(19)23-16-10-6-14(7-11-16)18(20)22-2/h3-12H,1-2H3/b12-5-. The Morgan fingerprint density at radius 2 is 1.48 bits per heavy atom. The molecule has 0 aliphatic heterocycles. The van der Waals surface area contributed by atoms with Gasteiger partial charge in [-0.2, -0.15) is 0 Å². The first kappa shape index (κ1) is 16.3. The largest absolute Gasteiger partial charge is 0.497 e. The molecule has 2 aromatic rings. The summed E-state index contributed by atoms with van der Waals surface area (Å²) in [4.78, 5) is 23.1. The lowest BCUT2D eigenvalue weighted by Crippen LogP contribution is -2.05. The first-order valence-corrected chi connectivity index (χ1v) is 6.84. The summed E-state index contributed by atoms with van der Waals surface area (Å²) >= 11 is 0.